The lowest BCUT2D eigenvalue weighted by molar-refractivity contribution is 0.669. The molecule has 0 spiro atoms. The number of hydrogen-bond acceptors (Lipinski definition) is 4. The maximum atomic E-state index is 9.23. The molecule has 2 heterocycles. The Morgan fingerprint density at radius 3 is 2.14 bits per heavy atom. The quantitative estimate of drug-likeness (QED) is 0.183. The molecule has 2 aromatic heterocycles. The van der Waals surface area contributed by atoms with Gasteiger partial charge < -0.3 is 4.42 Å². The van der Waals surface area contributed by atoms with Gasteiger partial charge in [-0.05, 0) is 62.0 Å². The Morgan fingerprint density at radius 1 is 0.392 bits per heavy atom. The molecule has 0 radical (unpaired) electrons. The van der Waals surface area contributed by atoms with Gasteiger partial charge in [0.05, 0.1) is 20.6 Å². The number of benzene rings is 8. The topological polar surface area (TPSA) is 51.8 Å². The summed E-state index contributed by atoms with van der Waals surface area (Å²) in [4.78, 5) is 14.4. The number of furan rings is 1. The van der Waals surface area contributed by atoms with Crippen molar-refractivity contribution in [2.75, 3.05) is 0 Å². The second kappa shape index (κ2) is 11.9. The molecular formula is C47H29N3O. The lowest BCUT2D eigenvalue weighted by Crippen LogP contribution is -2.01. The first-order valence-corrected chi connectivity index (χ1v) is 15.9. The standard InChI is InChI=1S/C47H29N3O/c1-2-13-32(14-3-1)41-29-33(27-28-37(41)36-22-10-17-30-15-4-6-19-34(30)36)45-48-46(38-23-11-18-31-16-5-7-20-35(31)38)50-47(49-45)40-24-12-26-43-44(40)39-21-8-9-25-42(39)51-43/h1-29H/i1D,2D,3D,5D,7D,8D,11D,13D,14D,16D,18D,20D,23D,24D,25D. The van der Waals surface area contributed by atoms with Gasteiger partial charge in [-0.25, -0.2) is 15.0 Å². The van der Waals surface area contributed by atoms with Crippen LogP contribution in [0.3, 0.4) is 0 Å². The summed E-state index contributed by atoms with van der Waals surface area (Å²) >= 11 is 0. The summed E-state index contributed by atoms with van der Waals surface area (Å²) in [6, 6.07) is 16.4. The van der Waals surface area contributed by atoms with Crippen LogP contribution in [0, 0.1) is 0 Å². The Kier molecular flexibility index (Phi) is 4.12. The monoisotopic (exact) mass is 666 g/mol. The Hall–Kier alpha value is -6.91. The third-order valence-corrected chi connectivity index (χ3v) is 8.72. The van der Waals surface area contributed by atoms with Gasteiger partial charge in [0.2, 0.25) is 0 Å². The summed E-state index contributed by atoms with van der Waals surface area (Å²) in [5.74, 6) is -0.750. The van der Waals surface area contributed by atoms with Crippen molar-refractivity contribution in [3.63, 3.8) is 0 Å². The third kappa shape index (κ3) is 4.96. The zero-order valence-corrected chi connectivity index (χ0v) is 26.3. The van der Waals surface area contributed by atoms with Gasteiger partial charge in [-0.3, -0.25) is 0 Å². The summed E-state index contributed by atoms with van der Waals surface area (Å²) in [6.45, 7) is 0. The molecule has 0 fully saturated rings. The molecule has 0 unspecified atom stereocenters. The molecule has 10 aromatic rings. The van der Waals surface area contributed by atoms with E-state index >= 15 is 0 Å². The largest absolute Gasteiger partial charge is 0.456 e. The van der Waals surface area contributed by atoms with E-state index in [0.29, 0.717) is 16.5 Å². The number of aromatic nitrogens is 3. The fourth-order valence-electron chi connectivity index (χ4n) is 6.44. The molecule has 0 aliphatic heterocycles. The highest BCUT2D eigenvalue weighted by atomic mass is 16.3. The van der Waals surface area contributed by atoms with Gasteiger partial charge in [-0.1, -0.05) is 157 Å². The van der Waals surface area contributed by atoms with E-state index in [0.717, 1.165) is 10.8 Å². The van der Waals surface area contributed by atoms with Crippen molar-refractivity contribution < 1.29 is 25.0 Å². The van der Waals surface area contributed by atoms with Crippen LogP contribution in [0.15, 0.2) is 180 Å². The van der Waals surface area contributed by atoms with Crippen molar-refractivity contribution in [1.82, 2.24) is 15.0 Å². The normalized spacial score (nSPS) is 15.6. The Morgan fingerprint density at radius 2 is 1.20 bits per heavy atom. The molecule has 10 rings (SSSR count). The summed E-state index contributed by atoms with van der Waals surface area (Å²) < 4.78 is 137. The highest BCUT2D eigenvalue weighted by molar-refractivity contribution is 6.12. The Labute approximate surface area is 315 Å². The van der Waals surface area contributed by atoms with Gasteiger partial charge in [0, 0.05) is 27.5 Å². The average molecular weight is 667 g/mol. The summed E-state index contributed by atoms with van der Waals surface area (Å²) in [7, 11) is 0. The van der Waals surface area contributed by atoms with Crippen molar-refractivity contribution in [3.8, 4) is 56.4 Å². The lowest BCUT2D eigenvalue weighted by atomic mass is 9.90. The van der Waals surface area contributed by atoms with E-state index < -0.39 is 72.5 Å². The predicted octanol–water partition coefficient (Wildman–Crippen LogP) is 12.4. The predicted molar refractivity (Wildman–Crippen MR) is 209 cm³/mol. The molecule has 238 valence electrons. The number of nitrogens with zero attached hydrogens (tertiary/aromatic N) is 3. The van der Waals surface area contributed by atoms with Crippen molar-refractivity contribution in [3.05, 3.63) is 176 Å². The van der Waals surface area contributed by atoms with Gasteiger partial charge in [-0.2, -0.15) is 0 Å². The van der Waals surface area contributed by atoms with Crippen molar-refractivity contribution in [1.29, 1.82) is 0 Å². The fourth-order valence-corrected chi connectivity index (χ4v) is 6.44. The Bertz CT molecular complexity index is 3760. The molecule has 8 aromatic carbocycles. The highest BCUT2D eigenvalue weighted by Gasteiger charge is 2.20. The molecule has 0 amide bonds. The van der Waals surface area contributed by atoms with Gasteiger partial charge >= 0.3 is 0 Å². The summed E-state index contributed by atoms with van der Waals surface area (Å²) in [5, 5.41) is 1.59. The second-order valence-corrected chi connectivity index (χ2v) is 11.6. The number of para-hydroxylation sites is 1. The summed E-state index contributed by atoms with van der Waals surface area (Å²) in [6.07, 6.45) is 0. The molecule has 0 saturated heterocycles. The van der Waals surface area contributed by atoms with Crippen LogP contribution < -0.4 is 0 Å². The lowest BCUT2D eigenvalue weighted by Gasteiger charge is -2.15. The van der Waals surface area contributed by atoms with Crippen LogP contribution in [0.2, 0.25) is 0 Å². The number of fused-ring (bicyclic) bond motifs is 5. The van der Waals surface area contributed by atoms with Crippen LogP contribution in [0.4, 0.5) is 0 Å². The van der Waals surface area contributed by atoms with E-state index in [4.69, 9.17) is 37.2 Å². The van der Waals surface area contributed by atoms with Crippen LogP contribution in [-0.2, 0) is 0 Å². The van der Waals surface area contributed by atoms with Gasteiger partial charge in [0.15, 0.2) is 17.5 Å². The average Bonchev–Trinajstić information content (AvgIpc) is 3.68. The van der Waals surface area contributed by atoms with E-state index in [1.165, 1.54) is 24.3 Å². The van der Waals surface area contributed by atoms with Crippen LogP contribution in [-0.4, -0.2) is 15.0 Å². The molecule has 0 aliphatic carbocycles. The van der Waals surface area contributed by atoms with E-state index in [-0.39, 0.29) is 90.7 Å². The third-order valence-electron chi connectivity index (χ3n) is 8.72. The molecule has 51 heavy (non-hydrogen) atoms. The van der Waals surface area contributed by atoms with Crippen molar-refractivity contribution in [2.24, 2.45) is 0 Å². The first-order valence-electron chi connectivity index (χ1n) is 23.4. The molecule has 0 saturated carbocycles. The summed E-state index contributed by atoms with van der Waals surface area (Å²) in [5.41, 5.74) is 1.47. The van der Waals surface area contributed by atoms with Crippen molar-refractivity contribution in [2.45, 2.75) is 0 Å². The van der Waals surface area contributed by atoms with Crippen LogP contribution in [0.5, 0.6) is 0 Å². The van der Waals surface area contributed by atoms with Gasteiger partial charge in [-0.15, -0.1) is 0 Å². The molecule has 0 atom stereocenters. The van der Waals surface area contributed by atoms with E-state index in [1.54, 1.807) is 18.2 Å². The smallest absolute Gasteiger partial charge is 0.164 e. The van der Waals surface area contributed by atoms with Gasteiger partial charge in [0.25, 0.3) is 0 Å². The molecule has 4 nitrogen and oxygen atoms in total. The first kappa shape index (κ1) is 17.7. The minimum absolute atomic E-state index is 0.0158. The first-order chi connectivity index (χ1) is 31.5. The molecular weight excluding hydrogens is 623 g/mol. The van der Waals surface area contributed by atoms with Crippen LogP contribution >= 0.6 is 0 Å². The zero-order valence-electron chi connectivity index (χ0n) is 41.3. The SMILES string of the molecule is [2H]c1cc([2H])c2oc3ccc([2H])c(-c4nc(-c5ccc(-c6cccc7ccccc67)c(-c6c([2H])c([2H])c([2H])c([2H])c6[2H])c5)nc(-c5c([2H])c([2H])c([2H])c6c([2H])c([2H])c([2H])c([2H])c56)n4)c3c2c1. The van der Waals surface area contributed by atoms with Crippen LogP contribution in [0.1, 0.15) is 20.6 Å². The maximum absolute atomic E-state index is 9.23. The van der Waals surface area contributed by atoms with Crippen LogP contribution in [0.25, 0.3) is 99.9 Å². The van der Waals surface area contributed by atoms with E-state index in [1.807, 2.05) is 42.5 Å². The maximum Gasteiger partial charge on any atom is 0.164 e. The van der Waals surface area contributed by atoms with Gasteiger partial charge in [0.1, 0.15) is 11.2 Å². The zero-order chi connectivity index (χ0) is 46.8. The molecule has 4 heteroatoms. The van der Waals surface area contributed by atoms with Crippen molar-refractivity contribution >= 4 is 43.5 Å². The Balaban J connectivity index is 1.36. The molecule has 0 bridgehead atoms. The highest BCUT2D eigenvalue weighted by Crippen LogP contribution is 2.40. The second-order valence-electron chi connectivity index (χ2n) is 11.6. The minimum Gasteiger partial charge on any atom is -0.456 e. The number of hydrogen-bond donors (Lipinski definition) is 0. The molecule has 0 aliphatic rings. The number of rotatable bonds is 5. The van der Waals surface area contributed by atoms with E-state index in [2.05, 4.69) is 0 Å². The minimum atomic E-state index is -0.677. The molecule has 0 N–H and O–H groups in total. The fraction of sp³-hybridized carbons (Fsp3) is 0. The van der Waals surface area contributed by atoms with E-state index in [9.17, 15) is 2.74 Å².